The van der Waals surface area contributed by atoms with Gasteiger partial charge in [0.05, 0.1) is 18.9 Å². The Kier molecular flexibility index (Phi) is 7.83. The Bertz CT molecular complexity index is 1070. The lowest BCUT2D eigenvalue weighted by molar-refractivity contribution is -0.137. The van der Waals surface area contributed by atoms with Gasteiger partial charge in [0.25, 0.3) is 5.91 Å². The van der Waals surface area contributed by atoms with E-state index in [9.17, 15) is 9.59 Å². The zero-order valence-corrected chi connectivity index (χ0v) is 20.7. The number of oxime groups is 1. The number of benzene rings is 2. The third kappa shape index (κ3) is 5.39. The van der Waals surface area contributed by atoms with Crippen LogP contribution < -0.4 is 0 Å². The molecule has 1 N–H and O–H groups in total. The highest BCUT2D eigenvalue weighted by atomic mass is 16.6. The zero-order chi connectivity index (χ0) is 24.9. The van der Waals surface area contributed by atoms with E-state index in [0.29, 0.717) is 50.4 Å². The molecule has 0 aromatic heterocycles. The predicted octanol–water partition coefficient (Wildman–Crippen LogP) is 2.32. The summed E-state index contributed by atoms with van der Waals surface area (Å²) in [5.74, 6) is -0.243. The van der Waals surface area contributed by atoms with E-state index in [1.54, 1.807) is 4.90 Å². The Morgan fingerprint density at radius 1 is 1.03 bits per heavy atom. The molecule has 0 radical (unpaired) electrons. The standard InChI is InChI=1S/C27H34N4O4/c1-19-5-4-6-20(2)25(19)21-7-9-22(10-8-21)26(33)31-18-23(28-35-3)17-24(31)27(34)30-13-11-29(12-14-30)15-16-32/h4-10,24,32H,11-18H2,1-3H3/t24-/m0/s1. The first-order valence-corrected chi connectivity index (χ1v) is 12.1. The highest BCUT2D eigenvalue weighted by molar-refractivity contribution is 6.05. The molecule has 1 atom stereocenters. The number of amides is 2. The minimum atomic E-state index is -0.598. The fraction of sp³-hybridized carbons (Fsp3) is 0.444. The molecule has 2 fully saturated rings. The van der Waals surface area contributed by atoms with Crippen molar-refractivity contribution in [2.24, 2.45) is 5.16 Å². The van der Waals surface area contributed by atoms with Gasteiger partial charge in [-0.15, -0.1) is 0 Å². The third-order valence-corrected chi connectivity index (χ3v) is 6.93. The van der Waals surface area contributed by atoms with Crippen LogP contribution in [-0.2, 0) is 9.63 Å². The lowest BCUT2D eigenvalue weighted by atomic mass is 9.95. The van der Waals surface area contributed by atoms with E-state index in [4.69, 9.17) is 9.94 Å². The van der Waals surface area contributed by atoms with Crippen LogP contribution in [-0.4, -0.2) is 96.4 Å². The molecule has 0 spiro atoms. The molecule has 2 heterocycles. The lowest BCUT2D eigenvalue weighted by Gasteiger charge is -2.37. The number of piperazine rings is 1. The van der Waals surface area contributed by atoms with E-state index >= 15 is 0 Å². The molecule has 0 saturated carbocycles. The molecule has 2 aromatic carbocycles. The molecule has 2 saturated heterocycles. The van der Waals surface area contributed by atoms with Gasteiger partial charge >= 0.3 is 0 Å². The predicted molar refractivity (Wildman–Crippen MR) is 135 cm³/mol. The average Bonchev–Trinajstić information content (AvgIpc) is 3.28. The number of carbonyl (C=O) groups excluding carboxylic acids is 2. The molecule has 2 aliphatic heterocycles. The van der Waals surface area contributed by atoms with Crippen LogP contribution in [0.3, 0.4) is 0 Å². The Hall–Kier alpha value is -3.23. The number of hydrogen-bond donors (Lipinski definition) is 1. The van der Waals surface area contributed by atoms with Gasteiger partial charge in [0.15, 0.2) is 0 Å². The summed E-state index contributed by atoms with van der Waals surface area (Å²) in [5, 5.41) is 13.2. The fourth-order valence-corrected chi connectivity index (χ4v) is 5.09. The largest absolute Gasteiger partial charge is 0.399 e. The third-order valence-electron chi connectivity index (χ3n) is 6.93. The maximum absolute atomic E-state index is 13.5. The van der Waals surface area contributed by atoms with Crippen molar-refractivity contribution in [1.82, 2.24) is 14.7 Å². The van der Waals surface area contributed by atoms with Gasteiger partial charge in [-0.05, 0) is 48.2 Å². The molecule has 4 rings (SSSR count). The number of rotatable bonds is 6. The van der Waals surface area contributed by atoms with E-state index in [0.717, 1.165) is 5.56 Å². The second-order valence-corrected chi connectivity index (χ2v) is 9.23. The Labute approximate surface area is 206 Å². The first-order valence-electron chi connectivity index (χ1n) is 12.1. The topological polar surface area (TPSA) is 85.7 Å². The minimum Gasteiger partial charge on any atom is -0.399 e. The molecule has 0 bridgehead atoms. The summed E-state index contributed by atoms with van der Waals surface area (Å²) in [4.78, 5) is 37.5. The van der Waals surface area contributed by atoms with Gasteiger partial charge in [-0.3, -0.25) is 14.5 Å². The van der Waals surface area contributed by atoms with E-state index in [1.165, 1.54) is 23.8 Å². The molecule has 8 heteroatoms. The first kappa shape index (κ1) is 24.9. The van der Waals surface area contributed by atoms with Crippen molar-refractivity contribution in [2.75, 3.05) is 53.0 Å². The van der Waals surface area contributed by atoms with Crippen molar-refractivity contribution in [3.05, 3.63) is 59.2 Å². The van der Waals surface area contributed by atoms with E-state index in [2.05, 4.69) is 36.0 Å². The maximum atomic E-state index is 13.5. The van der Waals surface area contributed by atoms with E-state index in [1.807, 2.05) is 35.2 Å². The number of hydrogen-bond acceptors (Lipinski definition) is 6. The molecule has 2 aromatic rings. The quantitative estimate of drug-likeness (QED) is 0.644. The number of aliphatic hydroxyl groups is 1. The number of nitrogens with zero attached hydrogens (tertiary/aromatic N) is 4. The van der Waals surface area contributed by atoms with Crippen LogP contribution in [0.15, 0.2) is 47.6 Å². The van der Waals surface area contributed by atoms with Crippen molar-refractivity contribution in [2.45, 2.75) is 26.3 Å². The summed E-state index contributed by atoms with van der Waals surface area (Å²) >= 11 is 0. The summed E-state index contributed by atoms with van der Waals surface area (Å²) in [6, 6.07) is 13.2. The zero-order valence-electron chi connectivity index (χ0n) is 20.7. The van der Waals surface area contributed by atoms with Crippen LogP contribution in [0.5, 0.6) is 0 Å². The molecule has 8 nitrogen and oxygen atoms in total. The van der Waals surface area contributed by atoms with Gasteiger partial charge < -0.3 is 19.7 Å². The number of likely N-dealkylation sites (tertiary alicyclic amines) is 1. The van der Waals surface area contributed by atoms with Gasteiger partial charge in [-0.2, -0.15) is 0 Å². The lowest BCUT2D eigenvalue weighted by Crippen LogP contribution is -2.54. The Morgan fingerprint density at radius 3 is 2.29 bits per heavy atom. The van der Waals surface area contributed by atoms with Crippen molar-refractivity contribution in [1.29, 1.82) is 0 Å². The maximum Gasteiger partial charge on any atom is 0.254 e. The molecule has 2 amide bonds. The van der Waals surface area contributed by atoms with Gasteiger partial charge in [0.1, 0.15) is 13.2 Å². The molecule has 0 aliphatic carbocycles. The summed E-state index contributed by atoms with van der Waals surface area (Å²) in [6.45, 7) is 7.75. The second kappa shape index (κ2) is 11.0. The first-order chi connectivity index (χ1) is 16.9. The van der Waals surface area contributed by atoms with Crippen molar-refractivity contribution >= 4 is 17.5 Å². The van der Waals surface area contributed by atoms with Gasteiger partial charge in [0.2, 0.25) is 5.91 Å². The summed E-state index contributed by atoms with van der Waals surface area (Å²) < 4.78 is 0. The normalized spacial score (nSPS) is 19.9. The highest BCUT2D eigenvalue weighted by Gasteiger charge is 2.41. The van der Waals surface area contributed by atoms with Gasteiger partial charge in [-0.25, -0.2) is 0 Å². The summed E-state index contributed by atoms with van der Waals surface area (Å²) in [6.07, 6.45) is 0.371. The fourth-order valence-electron chi connectivity index (χ4n) is 5.09. The number of carbonyl (C=O) groups is 2. The van der Waals surface area contributed by atoms with Crippen molar-refractivity contribution < 1.29 is 19.5 Å². The van der Waals surface area contributed by atoms with Crippen LogP contribution in [0.1, 0.15) is 27.9 Å². The average molecular weight is 479 g/mol. The van der Waals surface area contributed by atoms with Crippen LogP contribution in [0.2, 0.25) is 0 Å². The molecule has 35 heavy (non-hydrogen) atoms. The van der Waals surface area contributed by atoms with Crippen LogP contribution in [0.25, 0.3) is 11.1 Å². The SMILES string of the molecule is CON=C1C[C@@H](C(=O)N2CCN(CCO)CC2)N(C(=O)c2ccc(-c3c(C)cccc3C)cc2)C1. The number of aliphatic hydroxyl groups excluding tert-OH is 1. The van der Waals surface area contributed by atoms with Crippen LogP contribution in [0, 0.1) is 13.8 Å². The summed E-state index contributed by atoms with van der Waals surface area (Å²) in [7, 11) is 1.47. The molecule has 2 aliphatic rings. The highest BCUT2D eigenvalue weighted by Crippen LogP contribution is 2.28. The Morgan fingerprint density at radius 2 is 1.69 bits per heavy atom. The number of β-amino-alcohol motifs (C(OH)–C–C–N with tert-alkyl or cyclic N) is 1. The van der Waals surface area contributed by atoms with Crippen molar-refractivity contribution in [3.8, 4) is 11.1 Å². The van der Waals surface area contributed by atoms with Gasteiger partial charge in [0, 0.05) is 44.7 Å². The molecular weight excluding hydrogens is 444 g/mol. The minimum absolute atomic E-state index is 0.0598. The monoisotopic (exact) mass is 478 g/mol. The van der Waals surface area contributed by atoms with Crippen LogP contribution in [0.4, 0.5) is 0 Å². The Balaban J connectivity index is 1.53. The molecule has 186 valence electrons. The second-order valence-electron chi connectivity index (χ2n) is 9.23. The number of aryl methyl sites for hydroxylation is 2. The summed E-state index contributed by atoms with van der Waals surface area (Å²) in [5.41, 5.74) is 5.85. The smallest absolute Gasteiger partial charge is 0.254 e. The molecule has 0 unspecified atom stereocenters. The molecular formula is C27H34N4O4. The van der Waals surface area contributed by atoms with E-state index in [-0.39, 0.29) is 25.0 Å². The van der Waals surface area contributed by atoms with Gasteiger partial charge in [-0.1, -0.05) is 35.5 Å². The van der Waals surface area contributed by atoms with Crippen LogP contribution >= 0.6 is 0 Å². The van der Waals surface area contributed by atoms with Crippen molar-refractivity contribution in [3.63, 3.8) is 0 Å². The van der Waals surface area contributed by atoms with E-state index < -0.39 is 6.04 Å².